The van der Waals surface area contributed by atoms with Gasteiger partial charge in [-0.05, 0) is 36.6 Å². The molecule has 2 N–H and O–H groups in total. The molecule has 1 saturated carbocycles. The third kappa shape index (κ3) is 3.41. The molecular weight excluding hydrogens is 334 g/mol. The van der Waals surface area contributed by atoms with Crippen molar-refractivity contribution in [2.75, 3.05) is 6.61 Å². The zero-order valence-corrected chi connectivity index (χ0v) is 14.5. The van der Waals surface area contributed by atoms with Gasteiger partial charge in [0.25, 0.3) is 0 Å². The highest BCUT2D eigenvalue weighted by molar-refractivity contribution is 5.97. The Kier molecular flexibility index (Phi) is 5.23. The molecule has 2 aromatic rings. The summed E-state index contributed by atoms with van der Waals surface area (Å²) < 4.78 is 10.9. The van der Waals surface area contributed by atoms with Gasteiger partial charge in [-0.1, -0.05) is 42.5 Å². The van der Waals surface area contributed by atoms with E-state index in [1.54, 1.807) is 36.7 Å². The predicted molar refractivity (Wildman–Crippen MR) is 93.6 cm³/mol. The molecule has 26 heavy (non-hydrogen) atoms. The van der Waals surface area contributed by atoms with Crippen LogP contribution in [0, 0.1) is 5.92 Å². The van der Waals surface area contributed by atoms with E-state index in [9.17, 15) is 9.59 Å². The topological polar surface area (TPSA) is 84.9 Å². The van der Waals surface area contributed by atoms with Crippen LogP contribution in [0.1, 0.15) is 24.5 Å². The Morgan fingerprint density at radius 1 is 1.15 bits per heavy atom. The normalized spacial score (nSPS) is 20.9. The molecule has 3 rings (SSSR count). The van der Waals surface area contributed by atoms with Crippen molar-refractivity contribution in [1.82, 2.24) is 5.48 Å². The van der Waals surface area contributed by atoms with Crippen LogP contribution < -0.4 is 10.2 Å². The highest BCUT2D eigenvalue weighted by Crippen LogP contribution is 2.55. The van der Waals surface area contributed by atoms with Gasteiger partial charge in [-0.3, -0.25) is 14.8 Å². The first-order valence-electron chi connectivity index (χ1n) is 8.50. The molecule has 0 spiro atoms. The number of benzene rings is 2. The summed E-state index contributed by atoms with van der Waals surface area (Å²) in [6.45, 7) is 2.39. The molecule has 1 aliphatic carbocycles. The smallest absolute Gasteiger partial charge is 0.317 e. The first-order valence-corrected chi connectivity index (χ1v) is 8.50. The van der Waals surface area contributed by atoms with Gasteiger partial charge in [0.15, 0.2) is 0 Å². The van der Waals surface area contributed by atoms with Gasteiger partial charge < -0.3 is 9.47 Å². The summed E-state index contributed by atoms with van der Waals surface area (Å²) in [5.74, 6) is -1.00. The van der Waals surface area contributed by atoms with Crippen LogP contribution in [0.4, 0.5) is 0 Å². The van der Waals surface area contributed by atoms with Crippen molar-refractivity contribution in [2.24, 2.45) is 5.92 Å². The van der Waals surface area contributed by atoms with Gasteiger partial charge in [-0.25, -0.2) is 5.48 Å². The van der Waals surface area contributed by atoms with Crippen LogP contribution >= 0.6 is 0 Å². The van der Waals surface area contributed by atoms with Crippen LogP contribution in [0.2, 0.25) is 0 Å². The molecular formula is C20H21NO5. The van der Waals surface area contributed by atoms with Gasteiger partial charge in [0, 0.05) is 0 Å². The number of esters is 1. The summed E-state index contributed by atoms with van der Waals surface area (Å²) in [6.07, 6.45) is 0.308. The highest BCUT2D eigenvalue weighted by Gasteiger charge is 2.65. The monoisotopic (exact) mass is 355 g/mol. The lowest BCUT2D eigenvalue weighted by atomic mass is 9.93. The Morgan fingerprint density at radius 3 is 2.46 bits per heavy atom. The molecule has 6 nitrogen and oxygen atoms in total. The van der Waals surface area contributed by atoms with Crippen molar-refractivity contribution >= 4 is 11.9 Å². The first kappa shape index (κ1) is 17.9. The van der Waals surface area contributed by atoms with E-state index >= 15 is 0 Å². The van der Waals surface area contributed by atoms with E-state index < -0.39 is 23.2 Å². The molecule has 6 heteroatoms. The van der Waals surface area contributed by atoms with Gasteiger partial charge in [0.2, 0.25) is 5.91 Å². The maximum Gasteiger partial charge on any atom is 0.317 e. The van der Waals surface area contributed by atoms with Gasteiger partial charge >= 0.3 is 5.97 Å². The van der Waals surface area contributed by atoms with Gasteiger partial charge in [-0.2, -0.15) is 0 Å². The first-order chi connectivity index (χ1) is 12.6. The second-order valence-corrected chi connectivity index (χ2v) is 6.22. The lowest BCUT2D eigenvalue weighted by Gasteiger charge is -2.16. The number of hydroxylamine groups is 1. The maximum absolute atomic E-state index is 12.4. The summed E-state index contributed by atoms with van der Waals surface area (Å²) in [4.78, 5) is 24.2. The van der Waals surface area contributed by atoms with Crippen LogP contribution in [-0.4, -0.2) is 23.7 Å². The molecule has 0 unspecified atom stereocenters. The van der Waals surface area contributed by atoms with Crippen molar-refractivity contribution in [3.63, 3.8) is 0 Å². The number of carbonyl (C=O) groups is 2. The summed E-state index contributed by atoms with van der Waals surface area (Å²) in [6, 6.07) is 16.9. The van der Waals surface area contributed by atoms with E-state index in [1.807, 2.05) is 30.3 Å². The average Bonchev–Trinajstić information content (AvgIpc) is 3.44. The van der Waals surface area contributed by atoms with Gasteiger partial charge in [-0.15, -0.1) is 0 Å². The third-order valence-electron chi connectivity index (χ3n) is 4.64. The Bertz CT molecular complexity index is 775. The number of carbonyl (C=O) groups excluding carboxylic acids is 2. The van der Waals surface area contributed by atoms with E-state index in [4.69, 9.17) is 14.7 Å². The van der Waals surface area contributed by atoms with E-state index in [0.29, 0.717) is 24.3 Å². The molecule has 0 heterocycles. The summed E-state index contributed by atoms with van der Waals surface area (Å²) >= 11 is 0. The van der Waals surface area contributed by atoms with Crippen molar-refractivity contribution < 1.29 is 24.3 Å². The Hall–Kier alpha value is -2.86. The molecule has 0 bridgehead atoms. The van der Waals surface area contributed by atoms with Crippen molar-refractivity contribution in [3.8, 4) is 5.75 Å². The fraction of sp³-hybridized carbons (Fsp3) is 0.300. The van der Waals surface area contributed by atoms with Gasteiger partial charge in [0.05, 0.1) is 12.5 Å². The standard InChI is InChI=1S/C20H21NO5/c1-2-25-19(23)20(12-17(20)18(22)21-24)15-8-10-16(11-9-15)26-13-14-6-4-3-5-7-14/h3-11,17,24H,2,12-13H2,1H3,(H,21,22)/t17-,20-/m0/s1. The number of nitrogens with one attached hydrogen (secondary N) is 1. The van der Waals surface area contributed by atoms with E-state index in [-0.39, 0.29) is 6.61 Å². The fourth-order valence-electron chi connectivity index (χ4n) is 3.17. The molecule has 136 valence electrons. The van der Waals surface area contributed by atoms with Crippen LogP contribution in [0.15, 0.2) is 54.6 Å². The third-order valence-corrected chi connectivity index (χ3v) is 4.64. The zero-order valence-electron chi connectivity index (χ0n) is 14.5. The molecule has 2 atom stereocenters. The largest absolute Gasteiger partial charge is 0.489 e. The van der Waals surface area contributed by atoms with Crippen molar-refractivity contribution in [2.45, 2.75) is 25.4 Å². The van der Waals surface area contributed by atoms with E-state index in [0.717, 1.165) is 5.56 Å². The summed E-state index contributed by atoms with van der Waals surface area (Å²) in [5, 5.41) is 8.89. The number of hydrogen-bond acceptors (Lipinski definition) is 5. The van der Waals surface area contributed by atoms with Crippen molar-refractivity contribution in [3.05, 3.63) is 65.7 Å². The minimum absolute atomic E-state index is 0.228. The minimum Gasteiger partial charge on any atom is -0.489 e. The molecule has 0 saturated heterocycles. The summed E-state index contributed by atoms with van der Waals surface area (Å²) in [7, 11) is 0. The number of ether oxygens (including phenoxy) is 2. The second-order valence-electron chi connectivity index (χ2n) is 6.22. The molecule has 1 fully saturated rings. The maximum atomic E-state index is 12.4. The highest BCUT2D eigenvalue weighted by atomic mass is 16.5. The molecule has 0 aliphatic heterocycles. The second kappa shape index (κ2) is 7.58. The van der Waals surface area contributed by atoms with Crippen LogP contribution in [0.5, 0.6) is 5.75 Å². The molecule has 1 amide bonds. The van der Waals surface area contributed by atoms with Crippen LogP contribution in [0.25, 0.3) is 0 Å². The molecule has 2 aromatic carbocycles. The molecule has 0 aromatic heterocycles. The Morgan fingerprint density at radius 2 is 1.85 bits per heavy atom. The zero-order chi connectivity index (χ0) is 18.6. The molecule has 0 radical (unpaired) electrons. The summed E-state index contributed by atoms with van der Waals surface area (Å²) in [5.41, 5.74) is 2.32. The fourth-order valence-corrected chi connectivity index (χ4v) is 3.17. The van der Waals surface area contributed by atoms with E-state index in [2.05, 4.69) is 0 Å². The Balaban J connectivity index is 1.74. The number of amides is 1. The van der Waals surface area contributed by atoms with E-state index in [1.165, 1.54) is 0 Å². The molecule has 1 aliphatic rings. The predicted octanol–water partition coefficient (Wildman–Crippen LogP) is 2.59. The number of rotatable bonds is 7. The average molecular weight is 355 g/mol. The lowest BCUT2D eigenvalue weighted by Crippen LogP contribution is -2.32. The SMILES string of the molecule is CCOC(=O)[C@]1(c2ccc(OCc3ccccc3)cc2)C[C@H]1C(=O)NO. The number of hydrogen-bond donors (Lipinski definition) is 2. The van der Waals surface area contributed by atoms with Gasteiger partial charge in [0.1, 0.15) is 17.8 Å². The van der Waals surface area contributed by atoms with Crippen LogP contribution in [-0.2, 0) is 26.3 Å². The quantitative estimate of drug-likeness (QED) is 0.453. The minimum atomic E-state index is -1.04. The van der Waals surface area contributed by atoms with Crippen LogP contribution in [0.3, 0.4) is 0 Å². The lowest BCUT2D eigenvalue weighted by molar-refractivity contribution is -0.148. The van der Waals surface area contributed by atoms with Crippen molar-refractivity contribution in [1.29, 1.82) is 0 Å². The Labute approximate surface area is 151 Å².